The predicted octanol–water partition coefficient (Wildman–Crippen LogP) is 5.97. The third-order valence-electron chi connectivity index (χ3n) is 5.73. The molecule has 0 aliphatic heterocycles. The van der Waals surface area contributed by atoms with E-state index in [4.69, 9.17) is 10.5 Å². The van der Waals surface area contributed by atoms with Crippen LogP contribution in [0.25, 0.3) is 22.3 Å². The summed E-state index contributed by atoms with van der Waals surface area (Å²) in [6.45, 7) is 9.10. The minimum absolute atomic E-state index is 0.324. The number of carbonyl (C=O) groups excluding carboxylic acids is 1. The number of nitrogens with two attached hydrogens (primary N) is 1. The summed E-state index contributed by atoms with van der Waals surface area (Å²) >= 11 is 1.69. The van der Waals surface area contributed by atoms with Crippen LogP contribution in [0.1, 0.15) is 35.8 Å². The summed E-state index contributed by atoms with van der Waals surface area (Å²) in [5, 5.41) is 5.00. The Morgan fingerprint density at radius 3 is 2.33 bits per heavy atom. The van der Waals surface area contributed by atoms with Gasteiger partial charge in [0.15, 0.2) is 0 Å². The monoisotopic (exact) mass is 422 g/mol. The molecule has 2 aromatic carbocycles. The third kappa shape index (κ3) is 4.13. The molecule has 158 valence electrons. The van der Waals surface area contributed by atoms with Crippen LogP contribution in [-0.4, -0.2) is 20.1 Å². The van der Waals surface area contributed by atoms with Crippen LogP contribution in [0, 0.1) is 19.8 Å². The van der Waals surface area contributed by atoms with E-state index in [2.05, 4.69) is 61.8 Å². The second-order valence-electron chi connectivity index (χ2n) is 7.88. The van der Waals surface area contributed by atoms with Gasteiger partial charge in [0.2, 0.25) is 6.41 Å². The number of benzene rings is 2. The highest BCUT2D eigenvalue weighted by molar-refractivity contribution is 7.10. The number of ether oxygens (including phenoxy) is 1. The minimum atomic E-state index is 0.324. The molecule has 0 aliphatic rings. The van der Waals surface area contributed by atoms with E-state index >= 15 is 0 Å². The Morgan fingerprint density at radius 2 is 1.83 bits per heavy atom. The zero-order valence-electron chi connectivity index (χ0n) is 18.3. The van der Waals surface area contributed by atoms with Crippen molar-refractivity contribution in [3.63, 3.8) is 0 Å². The van der Waals surface area contributed by atoms with Crippen molar-refractivity contribution in [1.82, 2.24) is 0 Å². The fraction of sp³-hybridized carbons (Fsp3) is 0.320. The van der Waals surface area contributed by atoms with Gasteiger partial charge in [-0.2, -0.15) is 0 Å². The first-order valence-corrected chi connectivity index (χ1v) is 11.1. The lowest BCUT2D eigenvalue weighted by atomic mass is 9.86. The van der Waals surface area contributed by atoms with E-state index < -0.39 is 0 Å². The second kappa shape index (κ2) is 9.45. The van der Waals surface area contributed by atoms with Gasteiger partial charge in [0.05, 0.1) is 12.8 Å². The highest BCUT2D eigenvalue weighted by atomic mass is 32.1. The number of hydrogen-bond acceptors (Lipinski definition) is 4. The normalized spacial score (nSPS) is 12.1. The van der Waals surface area contributed by atoms with Gasteiger partial charge >= 0.3 is 0 Å². The van der Waals surface area contributed by atoms with Crippen LogP contribution in [0.4, 0.5) is 5.69 Å². The molecule has 0 saturated heterocycles. The molecular formula is C25H30N2O2S. The van der Waals surface area contributed by atoms with Gasteiger partial charge in [-0.1, -0.05) is 38.1 Å². The Kier molecular flexibility index (Phi) is 6.95. The Bertz CT molecular complexity index is 1020. The van der Waals surface area contributed by atoms with Crippen LogP contribution in [0.15, 0.2) is 41.8 Å². The van der Waals surface area contributed by atoms with Crippen molar-refractivity contribution in [3.05, 3.63) is 57.8 Å². The number of hydrogen-bond donors (Lipinski definition) is 2. The summed E-state index contributed by atoms with van der Waals surface area (Å²) in [4.78, 5) is 12.6. The summed E-state index contributed by atoms with van der Waals surface area (Å²) in [6, 6.07) is 12.7. The molecule has 1 unspecified atom stereocenters. The molecule has 3 aromatic rings. The summed E-state index contributed by atoms with van der Waals surface area (Å²) in [6.07, 6.45) is 0.737. The average molecular weight is 423 g/mol. The maximum atomic E-state index is 11.4. The van der Waals surface area contributed by atoms with Gasteiger partial charge in [0, 0.05) is 16.0 Å². The molecular weight excluding hydrogens is 392 g/mol. The molecule has 4 nitrogen and oxygen atoms in total. The first-order valence-electron chi connectivity index (χ1n) is 10.2. The number of thiophene rings is 1. The molecule has 0 aliphatic carbocycles. The first-order chi connectivity index (χ1) is 14.4. The minimum Gasteiger partial charge on any atom is -0.496 e. The van der Waals surface area contributed by atoms with E-state index in [1.54, 1.807) is 18.4 Å². The number of rotatable bonds is 8. The molecule has 0 fully saturated rings. The zero-order valence-corrected chi connectivity index (χ0v) is 19.1. The van der Waals surface area contributed by atoms with E-state index in [0.29, 0.717) is 18.4 Å². The number of aryl methyl sites for hydroxylation is 2. The molecule has 0 saturated carbocycles. The molecule has 0 radical (unpaired) electrons. The number of anilines is 1. The molecule has 3 rings (SSSR count). The van der Waals surface area contributed by atoms with Crippen molar-refractivity contribution in [3.8, 4) is 28.0 Å². The third-order valence-corrected chi connectivity index (χ3v) is 6.57. The molecule has 1 heterocycles. The van der Waals surface area contributed by atoms with E-state index in [0.717, 1.165) is 45.7 Å². The van der Waals surface area contributed by atoms with Crippen LogP contribution in [-0.2, 0) is 4.79 Å². The molecule has 1 atom stereocenters. The Balaban J connectivity index is 2.27. The van der Waals surface area contributed by atoms with Crippen molar-refractivity contribution in [2.45, 2.75) is 33.6 Å². The smallest absolute Gasteiger partial charge is 0.211 e. The lowest BCUT2D eigenvalue weighted by Crippen LogP contribution is -2.17. The van der Waals surface area contributed by atoms with Crippen LogP contribution in [0.5, 0.6) is 5.75 Å². The van der Waals surface area contributed by atoms with Gasteiger partial charge in [-0.3, -0.25) is 4.79 Å². The summed E-state index contributed by atoms with van der Waals surface area (Å²) in [5.41, 5.74) is 13.1. The summed E-state index contributed by atoms with van der Waals surface area (Å²) in [7, 11) is 1.69. The standard InChI is InChI=1S/C25H30N2O2S/c1-15(2)21(13-26)18-6-8-19(9-7-18)23-22(29-5)12-16(3)25(27-14-28)24(23)20-10-11-30-17(20)4/h6-12,14-15,21H,13,26H2,1-5H3,(H,27,28). The molecule has 30 heavy (non-hydrogen) atoms. The van der Waals surface area contributed by atoms with E-state index in [1.807, 2.05) is 13.0 Å². The Labute approximate surface area is 183 Å². The highest BCUT2D eigenvalue weighted by Crippen LogP contribution is 2.47. The van der Waals surface area contributed by atoms with Crippen LogP contribution in [0.3, 0.4) is 0 Å². The maximum Gasteiger partial charge on any atom is 0.211 e. The average Bonchev–Trinajstić information content (AvgIpc) is 3.15. The van der Waals surface area contributed by atoms with Crippen molar-refractivity contribution >= 4 is 23.4 Å². The predicted molar refractivity (Wildman–Crippen MR) is 128 cm³/mol. The molecule has 3 N–H and O–H groups in total. The van der Waals surface area contributed by atoms with Gasteiger partial charge in [0.1, 0.15) is 5.75 Å². The molecule has 0 spiro atoms. The highest BCUT2D eigenvalue weighted by Gasteiger charge is 2.22. The fourth-order valence-electron chi connectivity index (χ4n) is 4.08. The van der Waals surface area contributed by atoms with Gasteiger partial charge < -0.3 is 15.8 Å². The van der Waals surface area contributed by atoms with Crippen LogP contribution in [0.2, 0.25) is 0 Å². The van der Waals surface area contributed by atoms with Gasteiger partial charge in [0.25, 0.3) is 0 Å². The fourth-order valence-corrected chi connectivity index (χ4v) is 4.79. The lowest BCUT2D eigenvalue weighted by Gasteiger charge is -2.22. The number of amides is 1. The topological polar surface area (TPSA) is 64.3 Å². The SMILES string of the molecule is COc1cc(C)c(NC=O)c(-c2ccsc2C)c1-c1ccc(C(CN)C(C)C)cc1. The van der Waals surface area contributed by atoms with E-state index in [1.165, 1.54) is 10.4 Å². The summed E-state index contributed by atoms with van der Waals surface area (Å²) in [5.74, 6) is 1.59. The molecule has 5 heteroatoms. The lowest BCUT2D eigenvalue weighted by molar-refractivity contribution is -0.105. The molecule has 0 bridgehead atoms. The van der Waals surface area contributed by atoms with Gasteiger partial charge in [-0.15, -0.1) is 11.3 Å². The van der Waals surface area contributed by atoms with Gasteiger partial charge in [-0.25, -0.2) is 0 Å². The largest absolute Gasteiger partial charge is 0.496 e. The van der Waals surface area contributed by atoms with Crippen LogP contribution >= 0.6 is 11.3 Å². The van der Waals surface area contributed by atoms with Crippen molar-refractivity contribution in [2.75, 3.05) is 19.0 Å². The maximum absolute atomic E-state index is 11.4. The van der Waals surface area contributed by atoms with Crippen molar-refractivity contribution in [2.24, 2.45) is 11.7 Å². The van der Waals surface area contributed by atoms with E-state index in [9.17, 15) is 4.79 Å². The number of nitrogens with one attached hydrogen (secondary N) is 1. The second-order valence-corrected chi connectivity index (χ2v) is 9.00. The van der Waals surface area contributed by atoms with E-state index in [-0.39, 0.29) is 0 Å². The Morgan fingerprint density at radius 1 is 1.13 bits per heavy atom. The zero-order chi connectivity index (χ0) is 21.8. The van der Waals surface area contributed by atoms with Crippen molar-refractivity contribution < 1.29 is 9.53 Å². The Hall–Kier alpha value is -2.63. The van der Waals surface area contributed by atoms with Crippen molar-refractivity contribution in [1.29, 1.82) is 0 Å². The van der Waals surface area contributed by atoms with Gasteiger partial charge in [-0.05, 0) is 72.0 Å². The number of carbonyl (C=O) groups is 1. The summed E-state index contributed by atoms with van der Waals surface area (Å²) < 4.78 is 5.80. The first kappa shape index (κ1) is 22.1. The number of methoxy groups -OCH3 is 1. The quantitative estimate of drug-likeness (QED) is 0.439. The molecule has 1 aromatic heterocycles. The molecule has 1 amide bonds. The van der Waals surface area contributed by atoms with Crippen LogP contribution < -0.4 is 15.8 Å².